The first kappa shape index (κ1) is 16.3. The molecule has 1 aliphatic heterocycles. The first-order chi connectivity index (χ1) is 9.69. The Kier molecular flexibility index (Phi) is 6.82. The first-order valence-electron chi connectivity index (χ1n) is 7.58. The molecule has 20 heavy (non-hydrogen) atoms. The molecular weight excluding hydrogens is 336 g/mol. The van der Waals surface area contributed by atoms with Gasteiger partial charge in [0.25, 0.3) is 0 Å². The molecule has 112 valence electrons. The predicted molar refractivity (Wildman–Crippen MR) is 90.4 cm³/mol. The van der Waals surface area contributed by atoms with Crippen molar-refractivity contribution in [3.05, 3.63) is 33.3 Å². The first-order valence-corrected chi connectivity index (χ1v) is 8.76. The van der Waals surface area contributed by atoms with Crippen LogP contribution in [0, 0.1) is 0 Å². The minimum absolute atomic E-state index is 0.648. The van der Waals surface area contributed by atoms with E-state index in [0.717, 1.165) is 16.0 Å². The van der Waals surface area contributed by atoms with E-state index in [-0.39, 0.29) is 0 Å². The average molecular weight is 360 g/mol. The lowest BCUT2D eigenvalue weighted by Gasteiger charge is -2.32. The zero-order valence-electron chi connectivity index (χ0n) is 12.2. The van der Waals surface area contributed by atoms with Gasteiger partial charge in [-0.3, -0.25) is 0 Å². The number of piperidine rings is 1. The smallest absolute Gasteiger partial charge is 0.0551 e. The van der Waals surface area contributed by atoms with Crippen LogP contribution in [-0.2, 0) is 6.54 Å². The lowest BCUT2D eigenvalue weighted by molar-refractivity contribution is 0.195. The Morgan fingerprint density at radius 1 is 1.35 bits per heavy atom. The maximum Gasteiger partial charge on any atom is 0.0551 e. The highest BCUT2D eigenvalue weighted by atomic mass is 79.9. The molecule has 2 rings (SSSR count). The van der Waals surface area contributed by atoms with Crippen molar-refractivity contribution in [3.63, 3.8) is 0 Å². The third-order valence-corrected chi connectivity index (χ3v) is 5.23. The molecule has 0 aliphatic carbocycles. The largest absolute Gasteiger partial charge is 0.310 e. The van der Waals surface area contributed by atoms with Crippen molar-refractivity contribution in [1.29, 1.82) is 0 Å². The standard InChI is InChI=1S/C16H24BrClN2/c1-2-3-8-20-9-6-14(7-10-20)19-12-13-4-5-15(17)16(18)11-13/h4-5,11,14,19H,2-3,6-10,12H2,1H3. The number of nitrogens with zero attached hydrogens (tertiary/aromatic N) is 1. The van der Waals surface area contributed by atoms with E-state index in [2.05, 4.69) is 39.1 Å². The third-order valence-electron chi connectivity index (χ3n) is 3.99. The summed E-state index contributed by atoms with van der Waals surface area (Å²) in [5, 5.41) is 4.45. The summed E-state index contributed by atoms with van der Waals surface area (Å²) in [5.74, 6) is 0. The summed E-state index contributed by atoms with van der Waals surface area (Å²) < 4.78 is 0.965. The van der Waals surface area contributed by atoms with Crippen molar-refractivity contribution in [2.24, 2.45) is 0 Å². The third kappa shape index (κ3) is 5.03. The number of nitrogens with one attached hydrogen (secondary N) is 1. The number of halogens is 2. The molecule has 0 spiro atoms. The topological polar surface area (TPSA) is 15.3 Å². The van der Waals surface area contributed by atoms with Crippen LogP contribution in [0.3, 0.4) is 0 Å². The van der Waals surface area contributed by atoms with Gasteiger partial charge in [-0.15, -0.1) is 0 Å². The molecule has 0 saturated carbocycles. The number of benzene rings is 1. The van der Waals surface area contributed by atoms with Gasteiger partial charge in [-0.2, -0.15) is 0 Å². The Hall–Kier alpha value is -0.0900. The zero-order chi connectivity index (χ0) is 14.4. The molecule has 0 bridgehead atoms. The lowest BCUT2D eigenvalue weighted by atomic mass is 10.0. The molecule has 2 nitrogen and oxygen atoms in total. The SMILES string of the molecule is CCCCN1CCC(NCc2ccc(Br)c(Cl)c2)CC1. The van der Waals surface area contributed by atoms with E-state index in [0.29, 0.717) is 6.04 Å². The number of hydrogen-bond donors (Lipinski definition) is 1. The van der Waals surface area contributed by atoms with Gasteiger partial charge in [0, 0.05) is 17.1 Å². The molecule has 0 atom stereocenters. The summed E-state index contributed by atoms with van der Waals surface area (Å²) >= 11 is 9.55. The van der Waals surface area contributed by atoms with Gasteiger partial charge in [0.2, 0.25) is 0 Å². The van der Waals surface area contributed by atoms with Crippen LogP contribution in [0.15, 0.2) is 22.7 Å². The van der Waals surface area contributed by atoms with Gasteiger partial charge in [0.15, 0.2) is 0 Å². The molecular formula is C16H24BrClN2. The molecule has 0 unspecified atom stereocenters. The molecule has 1 aliphatic rings. The van der Waals surface area contributed by atoms with E-state index in [1.54, 1.807) is 0 Å². The van der Waals surface area contributed by atoms with Gasteiger partial charge < -0.3 is 10.2 Å². The van der Waals surface area contributed by atoms with Crippen LogP contribution in [0.2, 0.25) is 5.02 Å². The van der Waals surface area contributed by atoms with Gasteiger partial charge in [0.05, 0.1) is 5.02 Å². The van der Waals surface area contributed by atoms with Crippen LogP contribution in [0.1, 0.15) is 38.2 Å². The van der Waals surface area contributed by atoms with Crippen LogP contribution >= 0.6 is 27.5 Å². The van der Waals surface area contributed by atoms with Gasteiger partial charge in [-0.05, 0) is 72.5 Å². The maximum absolute atomic E-state index is 6.12. The summed E-state index contributed by atoms with van der Waals surface area (Å²) in [6.45, 7) is 6.91. The van der Waals surface area contributed by atoms with Gasteiger partial charge >= 0.3 is 0 Å². The Morgan fingerprint density at radius 2 is 2.10 bits per heavy atom. The second kappa shape index (κ2) is 8.38. The lowest BCUT2D eigenvalue weighted by Crippen LogP contribution is -2.42. The molecule has 0 amide bonds. The Labute approximate surface area is 136 Å². The Bertz CT molecular complexity index is 417. The molecule has 1 aromatic carbocycles. The minimum Gasteiger partial charge on any atom is -0.310 e. The predicted octanol–water partition coefficient (Wildman–Crippen LogP) is 4.46. The fourth-order valence-electron chi connectivity index (χ4n) is 2.65. The number of unbranched alkanes of at least 4 members (excludes halogenated alkanes) is 1. The summed E-state index contributed by atoms with van der Waals surface area (Å²) in [6, 6.07) is 6.83. The van der Waals surface area contributed by atoms with E-state index < -0.39 is 0 Å². The molecule has 0 aromatic heterocycles. The van der Waals surface area contributed by atoms with Gasteiger partial charge in [-0.1, -0.05) is 31.0 Å². The van der Waals surface area contributed by atoms with Crippen molar-refractivity contribution in [3.8, 4) is 0 Å². The molecule has 0 radical (unpaired) electrons. The van der Waals surface area contributed by atoms with Crippen molar-refractivity contribution in [2.75, 3.05) is 19.6 Å². The number of rotatable bonds is 6. The summed E-state index contributed by atoms with van der Waals surface area (Å²) in [7, 11) is 0. The summed E-state index contributed by atoms with van der Waals surface area (Å²) in [6.07, 6.45) is 5.14. The normalized spacial score (nSPS) is 17.6. The van der Waals surface area contributed by atoms with E-state index in [9.17, 15) is 0 Å². The number of hydrogen-bond acceptors (Lipinski definition) is 2. The maximum atomic E-state index is 6.12. The quantitative estimate of drug-likeness (QED) is 0.807. The average Bonchev–Trinajstić information content (AvgIpc) is 2.47. The summed E-state index contributed by atoms with van der Waals surface area (Å²) in [4.78, 5) is 2.60. The summed E-state index contributed by atoms with van der Waals surface area (Å²) in [5.41, 5.74) is 1.26. The van der Waals surface area contributed by atoms with E-state index in [1.807, 2.05) is 12.1 Å². The van der Waals surface area contributed by atoms with Crippen LogP contribution in [0.4, 0.5) is 0 Å². The second-order valence-electron chi connectivity index (χ2n) is 5.60. The van der Waals surface area contributed by atoms with Crippen molar-refractivity contribution in [1.82, 2.24) is 10.2 Å². The zero-order valence-corrected chi connectivity index (χ0v) is 14.5. The second-order valence-corrected chi connectivity index (χ2v) is 6.86. The van der Waals surface area contributed by atoms with E-state index in [1.165, 1.54) is 50.9 Å². The molecule has 1 aromatic rings. The fraction of sp³-hybridized carbons (Fsp3) is 0.625. The highest BCUT2D eigenvalue weighted by Gasteiger charge is 2.18. The van der Waals surface area contributed by atoms with E-state index in [4.69, 9.17) is 11.6 Å². The Balaban J connectivity index is 1.71. The van der Waals surface area contributed by atoms with Crippen molar-refractivity contribution >= 4 is 27.5 Å². The van der Waals surface area contributed by atoms with Crippen molar-refractivity contribution in [2.45, 2.75) is 45.2 Å². The fourth-order valence-corrected chi connectivity index (χ4v) is 3.10. The van der Waals surface area contributed by atoms with Crippen LogP contribution in [0.5, 0.6) is 0 Å². The molecule has 1 fully saturated rings. The molecule has 1 heterocycles. The van der Waals surface area contributed by atoms with Gasteiger partial charge in [0.1, 0.15) is 0 Å². The molecule has 1 N–H and O–H groups in total. The highest BCUT2D eigenvalue weighted by Crippen LogP contribution is 2.23. The van der Waals surface area contributed by atoms with E-state index >= 15 is 0 Å². The molecule has 1 saturated heterocycles. The minimum atomic E-state index is 0.648. The van der Waals surface area contributed by atoms with Crippen LogP contribution < -0.4 is 5.32 Å². The molecule has 4 heteroatoms. The van der Waals surface area contributed by atoms with Gasteiger partial charge in [-0.25, -0.2) is 0 Å². The van der Waals surface area contributed by atoms with Crippen LogP contribution in [0.25, 0.3) is 0 Å². The van der Waals surface area contributed by atoms with Crippen molar-refractivity contribution < 1.29 is 0 Å². The highest BCUT2D eigenvalue weighted by molar-refractivity contribution is 9.10. The Morgan fingerprint density at radius 3 is 2.75 bits per heavy atom. The number of likely N-dealkylation sites (tertiary alicyclic amines) is 1. The van der Waals surface area contributed by atoms with Crippen LogP contribution in [-0.4, -0.2) is 30.6 Å². The monoisotopic (exact) mass is 358 g/mol.